The van der Waals surface area contributed by atoms with Crippen LogP contribution in [0.1, 0.15) is 38.3 Å². The minimum absolute atomic E-state index is 0.139. The van der Waals surface area contributed by atoms with Crippen LogP contribution in [0.4, 0.5) is 0 Å². The summed E-state index contributed by atoms with van der Waals surface area (Å²) in [6.45, 7) is 6.67. The summed E-state index contributed by atoms with van der Waals surface area (Å²) in [7, 11) is 0. The smallest absolute Gasteiger partial charge is 0.242 e. The van der Waals surface area contributed by atoms with Crippen molar-refractivity contribution in [2.24, 2.45) is 5.92 Å². The molecular weight excluding hydrogens is 487 g/mol. The van der Waals surface area contributed by atoms with Gasteiger partial charge in [0.25, 0.3) is 0 Å². The molecule has 0 heterocycles. The molecule has 32 heavy (non-hydrogen) atoms. The standard InChI is InChI=1S/C24H29Cl3N2O2S/c1-4-22(24(31)28-12-16(2)3)29(13-19-20(26)9-6-10-21(19)27)23(30)15-32-14-17-7-5-8-18(25)11-17/h5-11,16,22H,4,12-15H2,1-3H3,(H,28,31)/t22-/m1/s1. The zero-order valence-corrected chi connectivity index (χ0v) is 21.6. The van der Waals surface area contributed by atoms with Gasteiger partial charge in [0.15, 0.2) is 0 Å². The second-order valence-corrected chi connectivity index (χ2v) is 10.1. The van der Waals surface area contributed by atoms with E-state index in [0.29, 0.717) is 45.3 Å². The van der Waals surface area contributed by atoms with E-state index in [1.54, 1.807) is 23.1 Å². The van der Waals surface area contributed by atoms with Gasteiger partial charge in [-0.1, -0.05) is 73.8 Å². The SMILES string of the molecule is CC[C@H](C(=O)NCC(C)C)N(Cc1c(Cl)cccc1Cl)C(=O)CSCc1cccc(Cl)c1. The first-order valence-corrected chi connectivity index (χ1v) is 12.8. The van der Waals surface area contributed by atoms with Crippen LogP contribution in [0.25, 0.3) is 0 Å². The second-order valence-electron chi connectivity index (χ2n) is 7.91. The highest BCUT2D eigenvalue weighted by Crippen LogP contribution is 2.27. The lowest BCUT2D eigenvalue weighted by Crippen LogP contribution is -2.50. The second kappa shape index (κ2) is 13.3. The van der Waals surface area contributed by atoms with Crippen LogP contribution < -0.4 is 5.32 Å². The molecule has 2 aromatic rings. The Morgan fingerprint density at radius 1 is 1.06 bits per heavy atom. The topological polar surface area (TPSA) is 49.4 Å². The van der Waals surface area contributed by atoms with E-state index in [0.717, 1.165) is 5.56 Å². The van der Waals surface area contributed by atoms with Crippen LogP contribution in [0.2, 0.25) is 15.1 Å². The van der Waals surface area contributed by atoms with Crippen LogP contribution in [0.5, 0.6) is 0 Å². The maximum Gasteiger partial charge on any atom is 0.242 e. The normalized spacial score (nSPS) is 12.0. The molecule has 0 saturated heterocycles. The van der Waals surface area contributed by atoms with Crippen molar-refractivity contribution >= 4 is 58.4 Å². The fourth-order valence-corrected chi connectivity index (χ4v) is 4.75. The first-order chi connectivity index (χ1) is 15.2. The van der Waals surface area contributed by atoms with Crippen molar-refractivity contribution in [1.29, 1.82) is 0 Å². The molecule has 1 N–H and O–H groups in total. The molecule has 0 radical (unpaired) electrons. The van der Waals surface area contributed by atoms with Crippen LogP contribution >= 0.6 is 46.6 Å². The van der Waals surface area contributed by atoms with Crippen LogP contribution in [0, 0.1) is 5.92 Å². The number of nitrogens with one attached hydrogen (secondary N) is 1. The predicted octanol–water partition coefficient (Wildman–Crippen LogP) is 6.46. The average Bonchev–Trinajstić information content (AvgIpc) is 2.74. The lowest BCUT2D eigenvalue weighted by Gasteiger charge is -2.31. The summed E-state index contributed by atoms with van der Waals surface area (Å²) in [5.74, 6) is 0.871. The van der Waals surface area contributed by atoms with E-state index < -0.39 is 6.04 Å². The van der Waals surface area contributed by atoms with E-state index in [2.05, 4.69) is 5.32 Å². The molecule has 2 amide bonds. The third-order valence-electron chi connectivity index (χ3n) is 4.84. The van der Waals surface area contributed by atoms with E-state index in [9.17, 15) is 9.59 Å². The Balaban J connectivity index is 2.19. The summed E-state index contributed by atoms with van der Waals surface area (Å²) < 4.78 is 0. The summed E-state index contributed by atoms with van der Waals surface area (Å²) in [4.78, 5) is 27.8. The van der Waals surface area contributed by atoms with Crippen molar-refractivity contribution in [1.82, 2.24) is 10.2 Å². The third kappa shape index (κ3) is 8.18. The maximum absolute atomic E-state index is 13.3. The van der Waals surface area contributed by atoms with Crippen molar-refractivity contribution in [3.8, 4) is 0 Å². The molecule has 0 aliphatic carbocycles. The molecule has 0 saturated carbocycles. The number of carbonyl (C=O) groups is 2. The van der Waals surface area contributed by atoms with Crippen LogP contribution in [-0.4, -0.2) is 35.1 Å². The van der Waals surface area contributed by atoms with Gasteiger partial charge in [0.1, 0.15) is 6.04 Å². The van der Waals surface area contributed by atoms with Crippen molar-refractivity contribution in [2.45, 2.75) is 45.5 Å². The van der Waals surface area contributed by atoms with E-state index >= 15 is 0 Å². The highest BCUT2D eigenvalue weighted by atomic mass is 35.5. The third-order valence-corrected chi connectivity index (χ3v) is 6.78. The lowest BCUT2D eigenvalue weighted by molar-refractivity contribution is -0.139. The minimum atomic E-state index is -0.611. The number of carbonyl (C=O) groups excluding carboxylic acids is 2. The Bertz CT molecular complexity index is 904. The van der Waals surface area contributed by atoms with Crippen molar-refractivity contribution < 1.29 is 9.59 Å². The molecule has 0 fully saturated rings. The Hall–Kier alpha value is -1.40. The quantitative estimate of drug-likeness (QED) is 0.373. The summed E-state index contributed by atoms with van der Waals surface area (Å²) in [5.41, 5.74) is 1.68. The van der Waals surface area contributed by atoms with Gasteiger partial charge in [0.05, 0.1) is 5.75 Å². The van der Waals surface area contributed by atoms with Gasteiger partial charge in [-0.3, -0.25) is 9.59 Å². The number of amides is 2. The molecule has 0 aliphatic rings. The van der Waals surface area contributed by atoms with E-state index in [-0.39, 0.29) is 24.1 Å². The van der Waals surface area contributed by atoms with Gasteiger partial charge in [0.2, 0.25) is 11.8 Å². The van der Waals surface area contributed by atoms with Crippen molar-refractivity contribution in [3.05, 3.63) is 68.7 Å². The highest BCUT2D eigenvalue weighted by Gasteiger charge is 2.29. The highest BCUT2D eigenvalue weighted by molar-refractivity contribution is 7.99. The Kier molecular flexibility index (Phi) is 11.2. The van der Waals surface area contributed by atoms with Crippen molar-refractivity contribution in [2.75, 3.05) is 12.3 Å². The molecule has 2 rings (SSSR count). The van der Waals surface area contributed by atoms with Crippen LogP contribution in [0.15, 0.2) is 42.5 Å². The van der Waals surface area contributed by atoms with Crippen molar-refractivity contribution in [3.63, 3.8) is 0 Å². The molecule has 4 nitrogen and oxygen atoms in total. The van der Waals surface area contributed by atoms with Gasteiger partial charge in [-0.25, -0.2) is 0 Å². The lowest BCUT2D eigenvalue weighted by atomic mass is 10.1. The fraction of sp³-hybridized carbons (Fsp3) is 0.417. The fourth-order valence-electron chi connectivity index (χ4n) is 3.16. The molecule has 174 valence electrons. The number of benzene rings is 2. The molecule has 8 heteroatoms. The molecule has 2 aromatic carbocycles. The van der Waals surface area contributed by atoms with E-state index in [4.69, 9.17) is 34.8 Å². The zero-order valence-electron chi connectivity index (χ0n) is 18.5. The number of hydrogen-bond acceptors (Lipinski definition) is 3. The van der Waals surface area contributed by atoms with Gasteiger partial charge < -0.3 is 10.2 Å². The number of rotatable bonds is 11. The molecule has 0 aromatic heterocycles. The first-order valence-electron chi connectivity index (χ1n) is 10.5. The number of nitrogens with zero attached hydrogens (tertiary/aromatic N) is 1. The van der Waals surface area contributed by atoms with Crippen LogP contribution in [-0.2, 0) is 21.9 Å². The largest absolute Gasteiger partial charge is 0.354 e. The molecule has 0 unspecified atom stereocenters. The number of hydrogen-bond donors (Lipinski definition) is 1. The van der Waals surface area contributed by atoms with Gasteiger partial charge >= 0.3 is 0 Å². The predicted molar refractivity (Wildman–Crippen MR) is 137 cm³/mol. The molecule has 0 spiro atoms. The summed E-state index contributed by atoms with van der Waals surface area (Å²) in [6, 6.07) is 12.2. The Labute approximate surface area is 210 Å². The number of thioether (sulfide) groups is 1. The minimum Gasteiger partial charge on any atom is -0.354 e. The maximum atomic E-state index is 13.3. The number of halogens is 3. The average molecular weight is 516 g/mol. The Morgan fingerprint density at radius 3 is 2.31 bits per heavy atom. The monoisotopic (exact) mass is 514 g/mol. The van der Waals surface area contributed by atoms with Gasteiger partial charge in [-0.05, 0) is 42.2 Å². The van der Waals surface area contributed by atoms with Gasteiger partial charge in [-0.2, -0.15) is 0 Å². The molecule has 1 atom stereocenters. The summed E-state index contributed by atoms with van der Waals surface area (Å²) >= 11 is 20.3. The summed E-state index contributed by atoms with van der Waals surface area (Å²) in [6.07, 6.45) is 0.483. The van der Waals surface area contributed by atoms with Gasteiger partial charge in [-0.15, -0.1) is 11.8 Å². The zero-order chi connectivity index (χ0) is 23.7. The van der Waals surface area contributed by atoms with E-state index in [1.807, 2.05) is 45.0 Å². The molecule has 0 aliphatic heterocycles. The van der Waals surface area contributed by atoms with Gasteiger partial charge in [0, 0.05) is 39.5 Å². The molecule has 0 bridgehead atoms. The summed E-state index contributed by atoms with van der Waals surface area (Å²) in [5, 5.41) is 4.56. The first kappa shape index (κ1) is 26.8. The van der Waals surface area contributed by atoms with Crippen LogP contribution in [0.3, 0.4) is 0 Å². The van der Waals surface area contributed by atoms with E-state index in [1.165, 1.54) is 11.8 Å². The Morgan fingerprint density at radius 2 is 1.72 bits per heavy atom. The molecular formula is C24H29Cl3N2O2S.